The van der Waals surface area contributed by atoms with Gasteiger partial charge in [-0.25, -0.2) is 4.39 Å². The van der Waals surface area contributed by atoms with Crippen LogP contribution in [0.1, 0.15) is 22.5 Å². The van der Waals surface area contributed by atoms with Crippen molar-refractivity contribution in [1.29, 1.82) is 0 Å². The van der Waals surface area contributed by atoms with Gasteiger partial charge < -0.3 is 0 Å². The summed E-state index contributed by atoms with van der Waals surface area (Å²) in [5, 5.41) is 7.67. The Balaban J connectivity index is 1.79. The van der Waals surface area contributed by atoms with E-state index < -0.39 is 0 Å². The van der Waals surface area contributed by atoms with Gasteiger partial charge in [-0.05, 0) is 55.4 Å². The highest BCUT2D eigenvalue weighted by Crippen LogP contribution is 2.25. The minimum atomic E-state index is -0.325. The number of thioether (sulfide) groups is 1. The fourth-order valence-electron chi connectivity index (χ4n) is 2.62. The molecule has 0 unspecified atom stereocenters. The third-order valence-electron chi connectivity index (χ3n) is 3.84. The molecule has 0 bridgehead atoms. The van der Waals surface area contributed by atoms with Crippen molar-refractivity contribution in [2.75, 3.05) is 0 Å². The zero-order valence-electron chi connectivity index (χ0n) is 13.8. The summed E-state index contributed by atoms with van der Waals surface area (Å²) in [6.45, 7) is 4.13. The van der Waals surface area contributed by atoms with Gasteiger partial charge in [-0.1, -0.05) is 35.4 Å². The number of H-pyrrole nitrogens is 1. The summed E-state index contributed by atoms with van der Waals surface area (Å²) >= 11 is 13.1. The Bertz CT molecular complexity index is 965. The van der Waals surface area contributed by atoms with Crippen molar-refractivity contribution in [3.8, 4) is 5.69 Å². The van der Waals surface area contributed by atoms with Crippen molar-refractivity contribution < 1.29 is 4.39 Å². The van der Waals surface area contributed by atoms with Crippen molar-refractivity contribution in [1.82, 2.24) is 14.8 Å². The first-order chi connectivity index (χ1) is 12.0. The fraction of sp³-hybridized carbons (Fsp3) is 0.222. The normalized spacial score (nSPS) is 11.0. The number of hydrogen-bond acceptors (Lipinski definition) is 3. The highest BCUT2D eigenvalue weighted by Gasteiger charge is 2.11. The van der Waals surface area contributed by atoms with Gasteiger partial charge in [0.15, 0.2) is 4.77 Å². The highest BCUT2D eigenvalue weighted by atomic mass is 35.5. The summed E-state index contributed by atoms with van der Waals surface area (Å²) in [5.41, 5.74) is 4.28. The number of aryl methyl sites for hydroxylation is 2. The molecule has 25 heavy (non-hydrogen) atoms. The molecule has 1 N–H and O–H groups in total. The molecular weight excluding hydrogens is 377 g/mol. The lowest BCUT2D eigenvalue weighted by Gasteiger charge is -2.11. The summed E-state index contributed by atoms with van der Waals surface area (Å²) in [6, 6.07) is 10.7. The van der Waals surface area contributed by atoms with Crippen molar-refractivity contribution in [2.24, 2.45) is 0 Å². The molecule has 3 aromatic rings. The molecule has 0 aliphatic heterocycles. The quantitative estimate of drug-likeness (QED) is 0.558. The lowest BCUT2D eigenvalue weighted by Crippen LogP contribution is -2.03. The Morgan fingerprint density at radius 3 is 2.72 bits per heavy atom. The van der Waals surface area contributed by atoms with E-state index in [2.05, 4.69) is 42.2 Å². The predicted molar refractivity (Wildman–Crippen MR) is 105 cm³/mol. The van der Waals surface area contributed by atoms with Crippen LogP contribution in [0.15, 0.2) is 36.4 Å². The molecule has 3 nitrogen and oxygen atoms in total. The first kappa shape index (κ1) is 18.2. The van der Waals surface area contributed by atoms with Crippen molar-refractivity contribution >= 4 is 35.6 Å². The maximum atomic E-state index is 13.1. The second-order valence-corrected chi connectivity index (χ2v) is 7.58. The van der Waals surface area contributed by atoms with Gasteiger partial charge in [-0.3, -0.25) is 9.67 Å². The Labute approximate surface area is 160 Å². The number of nitrogens with one attached hydrogen (secondary N) is 1. The van der Waals surface area contributed by atoms with Gasteiger partial charge >= 0.3 is 0 Å². The molecule has 1 heterocycles. The molecule has 0 fully saturated rings. The molecule has 1 aromatic heterocycles. The molecule has 0 atom stereocenters. The fourth-order valence-corrected chi connectivity index (χ4v) is 4.13. The number of hydrogen-bond donors (Lipinski definition) is 1. The molecule has 0 saturated heterocycles. The SMILES string of the molecule is Cc1ccc(-n2c(CSCc3ccc(F)cc3Cl)n[nH]c2=S)c(C)c1. The zero-order valence-corrected chi connectivity index (χ0v) is 16.2. The third kappa shape index (κ3) is 4.14. The molecule has 0 aliphatic carbocycles. The van der Waals surface area contributed by atoms with E-state index in [0.717, 1.165) is 22.6 Å². The Morgan fingerprint density at radius 1 is 1.20 bits per heavy atom. The summed E-state index contributed by atoms with van der Waals surface area (Å²) in [5.74, 6) is 1.86. The largest absolute Gasteiger partial charge is 0.271 e. The van der Waals surface area contributed by atoms with E-state index in [-0.39, 0.29) is 5.82 Å². The molecular formula is C18H17ClFN3S2. The first-order valence-corrected chi connectivity index (χ1v) is 9.65. The standard InChI is InChI=1S/C18H17ClFN3S2/c1-11-3-6-16(12(2)7-11)23-17(21-22-18(23)24)10-25-9-13-4-5-14(20)8-15(13)19/h3-8H,9-10H2,1-2H3,(H,22,24). The van der Waals surface area contributed by atoms with E-state index in [1.54, 1.807) is 17.8 Å². The average molecular weight is 394 g/mol. The number of aromatic amines is 1. The number of rotatable bonds is 5. The number of benzene rings is 2. The lowest BCUT2D eigenvalue weighted by molar-refractivity contribution is 0.627. The monoisotopic (exact) mass is 393 g/mol. The molecule has 130 valence electrons. The van der Waals surface area contributed by atoms with Crippen LogP contribution in [0.5, 0.6) is 0 Å². The molecule has 3 rings (SSSR count). The maximum absolute atomic E-state index is 13.1. The molecule has 0 radical (unpaired) electrons. The second-order valence-electron chi connectivity index (χ2n) is 5.80. The van der Waals surface area contributed by atoms with E-state index in [9.17, 15) is 4.39 Å². The van der Waals surface area contributed by atoms with Gasteiger partial charge in [0.2, 0.25) is 0 Å². The molecule has 0 spiro atoms. The number of nitrogens with zero attached hydrogens (tertiary/aromatic N) is 2. The van der Waals surface area contributed by atoms with Gasteiger partial charge in [-0.15, -0.1) is 11.8 Å². The first-order valence-electron chi connectivity index (χ1n) is 7.71. The predicted octanol–water partition coefficient (Wildman–Crippen LogP) is 5.77. The Kier molecular flexibility index (Phi) is 5.61. The summed E-state index contributed by atoms with van der Waals surface area (Å²) < 4.78 is 15.7. The summed E-state index contributed by atoms with van der Waals surface area (Å²) in [4.78, 5) is 0. The van der Waals surface area contributed by atoms with E-state index in [0.29, 0.717) is 21.3 Å². The van der Waals surface area contributed by atoms with Gasteiger partial charge in [0.05, 0.1) is 11.4 Å². The lowest BCUT2D eigenvalue weighted by atomic mass is 10.1. The summed E-state index contributed by atoms with van der Waals surface area (Å²) in [6.07, 6.45) is 0. The Hall–Kier alpha value is -1.63. The second kappa shape index (κ2) is 7.72. The van der Waals surface area contributed by atoms with Crippen molar-refractivity contribution in [3.63, 3.8) is 0 Å². The van der Waals surface area contributed by atoms with Crippen LogP contribution >= 0.6 is 35.6 Å². The minimum absolute atomic E-state index is 0.325. The van der Waals surface area contributed by atoms with Crippen LogP contribution in [-0.4, -0.2) is 14.8 Å². The zero-order chi connectivity index (χ0) is 18.0. The van der Waals surface area contributed by atoms with Crippen molar-refractivity contribution in [3.05, 3.63) is 74.5 Å². The number of aromatic nitrogens is 3. The molecule has 2 aromatic carbocycles. The van der Waals surface area contributed by atoms with Crippen LogP contribution in [0, 0.1) is 24.4 Å². The van der Waals surface area contributed by atoms with Gasteiger partial charge in [0, 0.05) is 10.8 Å². The van der Waals surface area contributed by atoms with Gasteiger partial charge in [0.25, 0.3) is 0 Å². The van der Waals surface area contributed by atoms with Crippen molar-refractivity contribution in [2.45, 2.75) is 25.4 Å². The van der Waals surface area contributed by atoms with E-state index in [1.807, 2.05) is 4.57 Å². The number of halogens is 2. The molecule has 0 amide bonds. The smallest absolute Gasteiger partial charge is 0.199 e. The average Bonchev–Trinajstić information content (AvgIpc) is 2.91. The summed E-state index contributed by atoms with van der Waals surface area (Å²) in [7, 11) is 0. The highest BCUT2D eigenvalue weighted by molar-refractivity contribution is 7.97. The van der Waals surface area contributed by atoms with Crippen LogP contribution < -0.4 is 0 Å². The van der Waals surface area contributed by atoms with E-state index in [4.69, 9.17) is 23.8 Å². The van der Waals surface area contributed by atoms with Gasteiger partial charge in [0.1, 0.15) is 11.6 Å². The van der Waals surface area contributed by atoms with Crippen LogP contribution in [-0.2, 0) is 11.5 Å². The third-order valence-corrected chi connectivity index (χ3v) is 5.44. The van der Waals surface area contributed by atoms with Crippen LogP contribution in [0.3, 0.4) is 0 Å². The molecule has 0 aliphatic rings. The molecule has 0 saturated carbocycles. The topological polar surface area (TPSA) is 33.6 Å². The van der Waals surface area contributed by atoms with E-state index in [1.165, 1.54) is 17.7 Å². The maximum Gasteiger partial charge on any atom is 0.199 e. The Morgan fingerprint density at radius 2 is 2.00 bits per heavy atom. The molecule has 7 heteroatoms. The minimum Gasteiger partial charge on any atom is -0.271 e. The van der Waals surface area contributed by atoms with Crippen LogP contribution in [0.2, 0.25) is 5.02 Å². The van der Waals surface area contributed by atoms with Crippen LogP contribution in [0.25, 0.3) is 5.69 Å². The van der Waals surface area contributed by atoms with E-state index >= 15 is 0 Å². The van der Waals surface area contributed by atoms with Crippen LogP contribution in [0.4, 0.5) is 4.39 Å². The van der Waals surface area contributed by atoms with Gasteiger partial charge in [-0.2, -0.15) is 5.10 Å².